The Morgan fingerprint density at radius 1 is 1.33 bits per heavy atom. The highest BCUT2D eigenvalue weighted by Crippen LogP contribution is 2.21. The lowest BCUT2D eigenvalue weighted by Gasteiger charge is -2.14. The topological polar surface area (TPSA) is 24.9 Å². The van der Waals surface area contributed by atoms with Gasteiger partial charge in [0.1, 0.15) is 0 Å². The molecule has 0 unspecified atom stereocenters. The molecule has 2 heteroatoms. The molecule has 0 atom stereocenters. The molecule has 2 rings (SSSR count). The Bertz CT molecular complexity index is 281. The van der Waals surface area contributed by atoms with Crippen LogP contribution in [0.4, 0.5) is 5.69 Å². The molecule has 64 valence electrons. The van der Waals surface area contributed by atoms with Gasteiger partial charge in [-0.05, 0) is 37.3 Å². The van der Waals surface area contributed by atoms with E-state index in [2.05, 4.69) is 16.4 Å². The van der Waals surface area contributed by atoms with E-state index in [1.165, 1.54) is 36.9 Å². The summed E-state index contributed by atoms with van der Waals surface area (Å²) in [6.45, 7) is 0. The highest BCUT2D eigenvalue weighted by molar-refractivity contribution is 5.44. The first-order valence-electron chi connectivity index (χ1n) is 4.55. The fraction of sp³-hybridized carbons (Fsp3) is 0.500. The van der Waals surface area contributed by atoms with Gasteiger partial charge in [-0.1, -0.05) is 0 Å². The van der Waals surface area contributed by atoms with E-state index >= 15 is 0 Å². The van der Waals surface area contributed by atoms with Crippen LogP contribution in [0, 0.1) is 0 Å². The van der Waals surface area contributed by atoms with Gasteiger partial charge in [0.2, 0.25) is 0 Å². The molecular weight excluding hydrogens is 148 g/mol. The van der Waals surface area contributed by atoms with Crippen molar-refractivity contribution in [3.63, 3.8) is 0 Å². The molecule has 1 aromatic rings. The van der Waals surface area contributed by atoms with Gasteiger partial charge in [-0.3, -0.25) is 4.98 Å². The largest absolute Gasteiger partial charge is 0.387 e. The SMILES string of the molecule is CNc1cnc2c(c1)CCCC2. The van der Waals surface area contributed by atoms with Crippen LogP contribution in [0.5, 0.6) is 0 Å². The lowest BCUT2D eigenvalue weighted by Crippen LogP contribution is -2.05. The molecule has 1 aliphatic rings. The Labute approximate surface area is 73.0 Å². The Morgan fingerprint density at radius 3 is 3.00 bits per heavy atom. The van der Waals surface area contributed by atoms with Crippen LogP contribution in [0.2, 0.25) is 0 Å². The zero-order valence-electron chi connectivity index (χ0n) is 7.43. The van der Waals surface area contributed by atoms with E-state index in [9.17, 15) is 0 Å². The molecule has 1 heterocycles. The van der Waals surface area contributed by atoms with Crippen molar-refractivity contribution in [1.82, 2.24) is 4.98 Å². The molecule has 0 amide bonds. The maximum absolute atomic E-state index is 4.43. The average Bonchev–Trinajstić information content (AvgIpc) is 2.17. The molecule has 0 saturated heterocycles. The molecule has 2 nitrogen and oxygen atoms in total. The number of aryl methyl sites for hydroxylation is 2. The Balaban J connectivity index is 2.36. The van der Waals surface area contributed by atoms with Gasteiger partial charge in [-0.25, -0.2) is 0 Å². The van der Waals surface area contributed by atoms with Crippen molar-refractivity contribution >= 4 is 5.69 Å². The molecule has 0 aromatic carbocycles. The third-order valence-electron chi connectivity index (χ3n) is 2.46. The lowest BCUT2D eigenvalue weighted by atomic mass is 9.96. The molecule has 0 fully saturated rings. The Kier molecular flexibility index (Phi) is 1.98. The molecule has 0 radical (unpaired) electrons. The van der Waals surface area contributed by atoms with Gasteiger partial charge >= 0.3 is 0 Å². The normalized spacial score (nSPS) is 15.4. The smallest absolute Gasteiger partial charge is 0.0527 e. The molecule has 0 aliphatic heterocycles. The summed E-state index contributed by atoms with van der Waals surface area (Å²) in [6.07, 6.45) is 6.92. The summed E-state index contributed by atoms with van der Waals surface area (Å²) >= 11 is 0. The average molecular weight is 162 g/mol. The monoisotopic (exact) mass is 162 g/mol. The van der Waals surface area contributed by atoms with Crippen LogP contribution in [-0.4, -0.2) is 12.0 Å². The Morgan fingerprint density at radius 2 is 2.17 bits per heavy atom. The van der Waals surface area contributed by atoms with Crippen molar-refractivity contribution in [2.45, 2.75) is 25.7 Å². The molecule has 1 N–H and O–H groups in total. The fourth-order valence-electron chi connectivity index (χ4n) is 1.72. The molecule has 0 saturated carbocycles. The summed E-state index contributed by atoms with van der Waals surface area (Å²) in [5, 5.41) is 3.11. The predicted molar refractivity (Wildman–Crippen MR) is 50.4 cm³/mol. The Hall–Kier alpha value is -1.05. The van der Waals surface area contributed by atoms with Gasteiger partial charge in [0.15, 0.2) is 0 Å². The summed E-state index contributed by atoms with van der Waals surface area (Å²) in [5.74, 6) is 0. The second-order valence-electron chi connectivity index (χ2n) is 3.29. The van der Waals surface area contributed by atoms with Crippen LogP contribution in [-0.2, 0) is 12.8 Å². The molecule has 0 bridgehead atoms. The van der Waals surface area contributed by atoms with E-state index in [1.807, 2.05) is 13.2 Å². The van der Waals surface area contributed by atoms with E-state index in [0.717, 1.165) is 5.69 Å². The molecule has 1 aromatic heterocycles. The molecule has 1 aliphatic carbocycles. The fourth-order valence-corrected chi connectivity index (χ4v) is 1.72. The highest BCUT2D eigenvalue weighted by Gasteiger charge is 2.09. The second kappa shape index (κ2) is 3.13. The summed E-state index contributed by atoms with van der Waals surface area (Å²) < 4.78 is 0. The first-order valence-corrected chi connectivity index (χ1v) is 4.55. The lowest BCUT2D eigenvalue weighted by molar-refractivity contribution is 0.668. The highest BCUT2D eigenvalue weighted by atomic mass is 14.8. The summed E-state index contributed by atoms with van der Waals surface area (Å²) in [4.78, 5) is 4.43. The standard InChI is InChI=1S/C10H14N2/c1-11-9-6-8-4-2-3-5-10(8)12-7-9/h6-7,11H,2-5H2,1H3. The zero-order chi connectivity index (χ0) is 8.39. The minimum Gasteiger partial charge on any atom is -0.387 e. The number of aromatic nitrogens is 1. The number of anilines is 1. The minimum absolute atomic E-state index is 1.13. The number of nitrogens with zero attached hydrogens (tertiary/aromatic N) is 1. The van der Waals surface area contributed by atoms with Crippen molar-refractivity contribution in [2.75, 3.05) is 12.4 Å². The van der Waals surface area contributed by atoms with Crippen molar-refractivity contribution in [2.24, 2.45) is 0 Å². The number of fused-ring (bicyclic) bond motifs is 1. The minimum atomic E-state index is 1.13. The third kappa shape index (κ3) is 1.29. The maximum Gasteiger partial charge on any atom is 0.0527 e. The number of pyridine rings is 1. The first kappa shape index (κ1) is 7.59. The van der Waals surface area contributed by atoms with Gasteiger partial charge in [0.05, 0.1) is 11.9 Å². The van der Waals surface area contributed by atoms with E-state index in [4.69, 9.17) is 0 Å². The van der Waals surface area contributed by atoms with Crippen LogP contribution in [0.3, 0.4) is 0 Å². The molecule has 12 heavy (non-hydrogen) atoms. The van der Waals surface area contributed by atoms with Gasteiger partial charge in [-0.15, -0.1) is 0 Å². The summed E-state index contributed by atoms with van der Waals surface area (Å²) in [7, 11) is 1.94. The van der Waals surface area contributed by atoms with Crippen molar-refractivity contribution < 1.29 is 0 Å². The number of nitrogens with one attached hydrogen (secondary N) is 1. The van der Waals surface area contributed by atoms with E-state index in [-0.39, 0.29) is 0 Å². The third-order valence-corrected chi connectivity index (χ3v) is 2.46. The van der Waals surface area contributed by atoms with Crippen LogP contribution in [0.25, 0.3) is 0 Å². The van der Waals surface area contributed by atoms with Crippen LogP contribution < -0.4 is 5.32 Å². The van der Waals surface area contributed by atoms with Crippen molar-refractivity contribution in [3.05, 3.63) is 23.5 Å². The van der Waals surface area contributed by atoms with Gasteiger partial charge in [-0.2, -0.15) is 0 Å². The first-order chi connectivity index (χ1) is 5.90. The van der Waals surface area contributed by atoms with E-state index in [0.29, 0.717) is 0 Å². The molecular formula is C10H14N2. The molecule has 0 spiro atoms. The maximum atomic E-state index is 4.43. The van der Waals surface area contributed by atoms with E-state index < -0.39 is 0 Å². The summed E-state index contributed by atoms with van der Waals surface area (Å²) in [6, 6.07) is 2.22. The van der Waals surface area contributed by atoms with Gasteiger partial charge < -0.3 is 5.32 Å². The van der Waals surface area contributed by atoms with Crippen LogP contribution >= 0.6 is 0 Å². The number of rotatable bonds is 1. The quantitative estimate of drug-likeness (QED) is 0.683. The number of hydrogen-bond donors (Lipinski definition) is 1. The van der Waals surface area contributed by atoms with Gasteiger partial charge in [0, 0.05) is 12.7 Å². The second-order valence-corrected chi connectivity index (χ2v) is 3.29. The van der Waals surface area contributed by atoms with Crippen LogP contribution in [0.15, 0.2) is 12.3 Å². The van der Waals surface area contributed by atoms with Crippen molar-refractivity contribution in [3.8, 4) is 0 Å². The van der Waals surface area contributed by atoms with Crippen LogP contribution in [0.1, 0.15) is 24.1 Å². The van der Waals surface area contributed by atoms with Gasteiger partial charge in [0.25, 0.3) is 0 Å². The predicted octanol–water partition coefficient (Wildman–Crippen LogP) is 2.00. The zero-order valence-corrected chi connectivity index (χ0v) is 7.43. The van der Waals surface area contributed by atoms with E-state index in [1.54, 1.807) is 0 Å². The summed E-state index contributed by atoms with van der Waals surface area (Å²) in [5.41, 5.74) is 3.88. The number of hydrogen-bond acceptors (Lipinski definition) is 2. The van der Waals surface area contributed by atoms with Crippen molar-refractivity contribution in [1.29, 1.82) is 0 Å².